The van der Waals surface area contributed by atoms with Crippen LogP contribution in [-0.2, 0) is 4.74 Å². The fourth-order valence-electron chi connectivity index (χ4n) is 3.35. The van der Waals surface area contributed by atoms with Crippen LogP contribution in [0.2, 0.25) is 5.02 Å². The molecule has 1 aliphatic carbocycles. The van der Waals surface area contributed by atoms with Gasteiger partial charge in [0.1, 0.15) is 0 Å². The molecule has 0 radical (unpaired) electrons. The maximum absolute atomic E-state index is 6.52. The number of halogens is 1. The van der Waals surface area contributed by atoms with Gasteiger partial charge in [-0.3, -0.25) is 0 Å². The third-order valence-electron chi connectivity index (χ3n) is 4.43. The zero-order chi connectivity index (χ0) is 13.1. The summed E-state index contributed by atoms with van der Waals surface area (Å²) in [5.74, 6) is 0. The zero-order valence-electron chi connectivity index (χ0n) is 11.3. The van der Waals surface area contributed by atoms with E-state index in [0.717, 1.165) is 18.1 Å². The van der Waals surface area contributed by atoms with E-state index in [0.29, 0.717) is 0 Å². The minimum Gasteiger partial charge on any atom is -0.364 e. The van der Waals surface area contributed by atoms with Gasteiger partial charge in [0.2, 0.25) is 0 Å². The third kappa shape index (κ3) is 3.13. The van der Waals surface area contributed by atoms with Crippen LogP contribution in [0.5, 0.6) is 0 Å². The minimum absolute atomic E-state index is 0.0685. The van der Waals surface area contributed by atoms with Crippen molar-refractivity contribution in [1.29, 1.82) is 0 Å². The molecule has 2 fully saturated rings. The molecular weight excluding hydrogens is 258 g/mol. The first kappa shape index (κ1) is 13.4. The molecule has 2 aliphatic rings. The van der Waals surface area contributed by atoms with Gasteiger partial charge in [-0.15, -0.1) is 0 Å². The quantitative estimate of drug-likeness (QED) is 0.836. The van der Waals surface area contributed by atoms with Gasteiger partial charge in [-0.25, -0.2) is 0 Å². The predicted octanol–water partition coefficient (Wildman–Crippen LogP) is 4.09. The second-order valence-electron chi connectivity index (χ2n) is 5.89. The first-order valence-corrected chi connectivity index (χ1v) is 7.79. The molecule has 0 amide bonds. The first-order valence-electron chi connectivity index (χ1n) is 7.41. The smallest absolute Gasteiger partial charge is 0.0957 e. The fourth-order valence-corrected chi connectivity index (χ4v) is 3.47. The van der Waals surface area contributed by atoms with Gasteiger partial charge in [-0.05, 0) is 30.5 Å². The summed E-state index contributed by atoms with van der Waals surface area (Å²) in [5.41, 5.74) is 1.30. The van der Waals surface area contributed by atoms with E-state index >= 15 is 0 Å². The molecule has 104 valence electrons. The lowest BCUT2D eigenvalue weighted by atomic mass is 9.91. The summed E-state index contributed by atoms with van der Waals surface area (Å²) in [7, 11) is 0. The van der Waals surface area contributed by atoms with Gasteiger partial charge < -0.3 is 10.1 Å². The standard InChI is InChI=1S/C16H22ClNO/c17-14-7-5-13(6-8-14)15-11-18-12-16(19-15)9-3-1-2-4-10-16/h5-8,15,18H,1-4,9-12H2. The van der Waals surface area contributed by atoms with Crippen LogP contribution >= 0.6 is 11.6 Å². The number of morpholine rings is 1. The van der Waals surface area contributed by atoms with Crippen molar-refractivity contribution >= 4 is 11.6 Å². The van der Waals surface area contributed by atoms with Crippen molar-refractivity contribution in [3.05, 3.63) is 34.9 Å². The molecule has 1 saturated carbocycles. The molecule has 0 bridgehead atoms. The number of ether oxygens (including phenoxy) is 1. The highest BCUT2D eigenvalue weighted by Gasteiger charge is 2.37. The SMILES string of the molecule is Clc1ccc(C2CNCC3(CCCCCC3)O2)cc1. The molecule has 1 aromatic rings. The van der Waals surface area contributed by atoms with Crippen LogP contribution in [0.4, 0.5) is 0 Å². The Balaban J connectivity index is 1.75. The van der Waals surface area contributed by atoms with Crippen LogP contribution in [0, 0.1) is 0 Å². The van der Waals surface area contributed by atoms with E-state index in [1.54, 1.807) is 0 Å². The molecule has 1 aliphatic heterocycles. The molecule has 3 heteroatoms. The number of nitrogens with one attached hydrogen (secondary N) is 1. The molecule has 2 nitrogen and oxygen atoms in total. The Labute approximate surface area is 120 Å². The second kappa shape index (κ2) is 5.82. The summed E-state index contributed by atoms with van der Waals surface area (Å²) in [6, 6.07) is 8.08. The highest BCUT2D eigenvalue weighted by Crippen LogP contribution is 2.37. The number of hydrogen-bond acceptors (Lipinski definition) is 2. The van der Waals surface area contributed by atoms with E-state index in [2.05, 4.69) is 17.4 Å². The van der Waals surface area contributed by atoms with Crippen molar-refractivity contribution in [2.45, 2.75) is 50.2 Å². The molecule has 1 spiro atoms. The lowest BCUT2D eigenvalue weighted by molar-refractivity contribution is -0.126. The van der Waals surface area contributed by atoms with Crippen molar-refractivity contribution in [2.75, 3.05) is 13.1 Å². The van der Waals surface area contributed by atoms with Crippen molar-refractivity contribution in [3.63, 3.8) is 0 Å². The number of rotatable bonds is 1. The Morgan fingerprint density at radius 2 is 1.74 bits per heavy atom. The van der Waals surface area contributed by atoms with E-state index in [4.69, 9.17) is 16.3 Å². The van der Waals surface area contributed by atoms with Crippen LogP contribution in [-0.4, -0.2) is 18.7 Å². The highest BCUT2D eigenvalue weighted by atomic mass is 35.5. The lowest BCUT2D eigenvalue weighted by Gasteiger charge is -2.41. The van der Waals surface area contributed by atoms with Gasteiger partial charge in [0.25, 0.3) is 0 Å². The summed E-state index contributed by atoms with van der Waals surface area (Å²) in [5, 5.41) is 4.37. The van der Waals surface area contributed by atoms with Gasteiger partial charge in [0.15, 0.2) is 0 Å². The molecular formula is C16H22ClNO. The number of benzene rings is 1. The number of hydrogen-bond donors (Lipinski definition) is 1. The molecule has 1 heterocycles. The molecule has 0 aromatic heterocycles. The Morgan fingerprint density at radius 3 is 2.42 bits per heavy atom. The average molecular weight is 280 g/mol. The normalized spacial score (nSPS) is 27.1. The van der Waals surface area contributed by atoms with E-state index in [9.17, 15) is 0 Å². The lowest BCUT2D eigenvalue weighted by Crippen LogP contribution is -2.50. The fraction of sp³-hybridized carbons (Fsp3) is 0.625. The molecule has 1 saturated heterocycles. The van der Waals surface area contributed by atoms with Crippen LogP contribution in [0.1, 0.15) is 50.2 Å². The summed E-state index contributed by atoms with van der Waals surface area (Å²) in [6.07, 6.45) is 7.88. The van der Waals surface area contributed by atoms with Gasteiger partial charge in [0, 0.05) is 18.1 Å². The topological polar surface area (TPSA) is 21.3 Å². The molecule has 3 rings (SSSR count). The second-order valence-corrected chi connectivity index (χ2v) is 6.32. The third-order valence-corrected chi connectivity index (χ3v) is 4.68. The summed E-state index contributed by atoms with van der Waals surface area (Å²) < 4.78 is 6.52. The van der Waals surface area contributed by atoms with E-state index < -0.39 is 0 Å². The Morgan fingerprint density at radius 1 is 1.05 bits per heavy atom. The molecule has 19 heavy (non-hydrogen) atoms. The van der Waals surface area contributed by atoms with Gasteiger partial charge in [-0.1, -0.05) is 49.4 Å². The minimum atomic E-state index is 0.0685. The van der Waals surface area contributed by atoms with Crippen LogP contribution in [0.3, 0.4) is 0 Å². The molecule has 1 atom stereocenters. The van der Waals surface area contributed by atoms with Gasteiger partial charge >= 0.3 is 0 Å². The van der Waals surface area contributed by atoms with Crippen molar-refractivity contribution < 1.29 is 4.74 Å². The van der Waals surface area contributed by atoms with Gasteiger partial charge in [0.05, 0.1) is 11.7 Å². The summed E-state index contributed by atoms with van der Waals surface area (Å²) in [4.78, 5) is 0. The van der Waals surface area contributed by atoms with E-state index in [-0.39, 0.29) is 11.7 Å². The van der Waals surface area contributed by atoms with Crippen LogP contribution < -0.4 is 5.32 Å². The Hall–Kier alpha value is -0.570. The van der Waals surface area contributed by atoms with Crippen LogP contribution in [0.15, 0.2) is 24.3 Å². The average Bonchev–Trinajstić information content (AvgIpc) is 2.65. The molecule has 1 unspecified atom stereocenters. The van der Waals surface area contributed by atoms with Crippen molar-refractivity contribution in [1.82, 2.24) is 5.32 Å². The molecule has 1 N–H and O–H groups in total. The van der Waals surface area contributed by atoms with Gasteiger partial charge in [-0.2, -0.15) is 0 Å². The monoisotopic (exact) mass is 279 g/mol. The summed E-state index contributed by atoms with van der Waals surface area (Å²) in [6.45, 7) is 1.92. The summed E-state index contributed by atoms with van der Waals surface area (Å²) >= 11 is 5.96. The molecule has 1 aromatic carbocycles. The Bertz CT molecular complexity index is 409. The predicted molar refractivity (Wildman–Crippen MR) is 78.6 cm³/mol. The zero-order valence-corrected chi connectivity index (χ0v) is 12.1. The van der Waals surface area contributed by atoms with Crippen molar-refractivity contribution in [2.24, 2.45) is 0 Å². The first-order chi connectivity index (χ1) is 9.27. The van der Waals surface area contributed by atoms with E-state index in [1.165, 1.54) is 44.1 Å². The van der Waals surface area contributed by atoms with E-state index in [1.807, 2.05) is 12.1 Å². The maximum atomic E-state index is 6.52. The van der Waals surface area contributed by atoms with Crippen molar-refractivity contribution in [3.8, 4) is 0 Å². The largest absolute Gasteiger partial charge is 0.364 e. The van der Waals surface area contributed by atoms with Crippen LogP contribution in [0.25, 0.3) is 0 Å². The Kier molecular flexibility index (Phi) is 4.11. The maximum Gasteiger partial charge on any atom is 0.0957 e. The highest BCUT2D eigenvalue weighted by molar-refractivity contribution is 6.30.